The third kappa shape index (κ3) is 3.00. The largest absolute Gasteiger partial charge is 0.469 e. The second kappa shape index (κ2) is 7.32. The predicted molar refractivity (Wildman–Crippen MR) is 136 cm³/mol. The topological polar surface area (TPSA) is 60.4 Å². The van der Waals surface area contributed by atoms with Crippen LogP contribution in [-0.4, -0.2) is 24.6 Å². The van der Waals surface area contributed by atoms with Crippen LogP contribution in [0.25, 0.3) is 0 Å². The molecule has 35 heavy (non-hydrogen) atoms. The lowest BCUT2D eigenvalue weighted by atomic mass is 9.34. The molecular weight excluding hydrogens is 436 g/mol. The van der Waals surface area contributed by atoms with E-state index in [0.717, 1.165) is 51.4 Å². The number of fused-ring (bicyclic) bond motifs is 7. The first-order valence-corrected chi connectivity index (χ1v) is 14.0. The van der Waals surface area contributed by atoms with E-state index in [4.69, 9.17) is 4.74 Å². The second-order valence-electron chi connectivity index (χ2n) is 15.0. The van der Waals surface area contributed by atoms with Crippen LogP contribution < -0.4 is 0 Å². The summed E-state index contributed by atoms with van der Waals surface area (Å²) in [6.45, 7) is 16.0. The minimum atomic E-state index is -0.536. The highest BCUT2D eigenvalue weighted by Crippen LogP contribution is 2.74. The van der Waals surface area contributed by atoms with Gasteiger partial charge in [0.05, 0.1) is 12.5 Å². The number of Topliss-reactive ketones (excluding diaryl/α,β-unsaturated/α-hetero) is 1. The van der Waals surface area contributed by atoms with Crippen molar-refractivity contribution in [1.29, 1.82) is 0 Å². The van der Waals surface area contributed by atoms with E-state index in [1.54, 1.807) is 0 Å². The van der Waals surface area contributed by atoms with Crippen LogP contribution in [-0.2, 0) is 19.1 Å². The zero-order chi connectivity index (χ0) is 25.8. The summed E-state index contributed by atoms with van der Waals surface area (Å²) in [7, 11) is 1.51. The van der Waals surface area contributed by atoms with Gasteiger partial charge in [0, 0.05) is 17.8 Å². The van der Waals surface area contributed by atoms with Gasteiger partial charge >= 0.3 is 5.97 Å². The number of ether oxygens (including phenoxy) is 1. The van der Waals surface area contributed by atoms with E-state index >= 15 is 0 Å². The fraction of sp³-hybridized carbons (Fsp3) is 0.839. The number of esters is 1. The maximum atomic E-state index is 14.3. The van der Waals surface area contributed by atoms with Crippen molar-refractivity contribution in [2.75, 3.05) is 7.11 Å². The molecule has 0 spiro atoms. The Kier molecular flexibility index (Phi) is 5.27. The second-order valence-corrected chi connectivity index (χ2v) is 15.0. The first-order valence-electron chi connectivity index (χ1n) is 14.0. The molecule has 0 saturated heterocycles. The molecule has 0 bridgehead atoms. The van der Waals surface area contributed by atoms with Gasteiger partial charge in [-0.15, -0.1) is 0 Å². The zero-order valence-corrected chi connectivity index (χ0v) is 23.3. The predicted octanol–water partition coefficient (Wildman–Crippen LogP) is 6.71. The molecule has 0 heterocycles. The molecule has 7 atom stereocenters. The number of carbonyl (C=O) groups excluding carboxylic acids is 3. The van der Waals surface area contributed by atoms with Gasteiger partial charge < -0.3 is 4.74 Å². The Morgan fingerprint density at radius 1 is 0.914 bits per heavy atom. The van der Waals surface area contributed by atoms with E-state index in [-0.39, 0.29) is 56.6 Å². The van der Waals surface area contributed by atoms with E-state index in [2.05, 4.69) is 48.5 Å². The molecule has 0 aliphatic heterocycles. The number of methoxy groups -OCH3 is 1. The Bertz CT molecular complexity index is 1020. The first-order chi connectivity index (χ1) is 16.1. The number of carbonyl (C=O) groups is 3. The Balaban J connectivity index is 1.65. The van der Waals surface area contributed by atoms with Crippen molar-refractivity contribution in [3.05, 3.63) is 11.6 Å². The fourth-order valence-electron chi connectivity index (χ4n) is 10.4. The van der Waals surface area contributed by atoms with Crippen LogP contribution in [0.2, 0.25) is 0 Å². The molecule has 5 aliphatic rings. The summed E-state index contributed by atoms with van der Waals surface area (Å²) in [5, 5.41) is 0. The average Bonchev–Trinajstić information content (AvgIpc) is 2.77. The molecule has 0 N–H and O–H groups in total. The number of hydrogen-bond acceptors (Lipinski definition) is 4. The SMILES string of the molecule is COC(=O)[C@]12CCC(C)(C)C[C@@H]1[C@H]1C(=O)C=C3[C@@]4(C)CCC(=O)C(C)(C)[C@@H]4CC[C@@]3(C)[C@]1(C)CC2. The average molecular weight is 483 g/mol. The highest BCUT2D eigenvalue weighted by atomic mass is 16.5. The lowest BCUT2D eigenvalue weighted by Gasteiger charge is -2.69. The van der Waals surface area contributed by atoms with E-state index in [9.17, 15) is 14.4 Å². The highest BCUT2D eigenvalue weighted by Gasteiger charge is 2.71. The van der Waals surface area contributed by atoms with Crippen LogP contribution in [0.15, 0.2) is 11.6 Å². The lowest BCUT2D eigenvalue weighted by Crippen LogP contribution is -2.66. The van der Waals surface area contributed by atoms with Crippen LogP contribution in [0.1, 0.15) is 106 Å². The molecule has 0 aromatic carbocycles. The van der Waals surface area contributed by atoms with Crippen molar-refractivity contribution < 1.29 is 19.1 Å². The molecule has 4 nitrogen and oxygen atoms in total. The van der Waals surface area contributed by atoms with Gasteiger partial charge in [0.25, 0.3) is 0 Å². The summed E-state index contributed by atoms with van der Waals surface area (Å²) >= 11 is 0. The molecule has 4 fully saturated rings. The summed E-state index contributed by atoms with van der Waals surface area (Å²) in [6.07, 6.45) is 9.92. The molecule has 0 aromatic rings. The molecule has 5 rings (SSSR count). The Morgan fingerprint density at radius 3 is 2.23 bits per heavy atom. The quantitative estimate of drug-likeness (QED) is 0.390. The Morgan fingerprint density at radius 2 is 1.57 bits per heavy atom. The minimum absolute atomic E-state index is 0.0227. The molecule has 0 amide bonds. The zero-order valence-electron chi connectivity index (χ0n) is 23.3. The monoisotopic (exact) mass is 482 g/mol. The summed E-state index contributed by atoms with van der Waals surface area (Å²) in [5.41, 5.74) is 0.119. The van der Waals surface area contributed by atoms with Crippen LogP contribution in [0.5, 0.6) is 0 Å². The van der Waals surface area contributed by atoms with Gasteiger partial charge in [0.1, 0.15) is 5.78 Å². The summed E-state index contributed by atoms with van der Waals surface area (Å²) in [6, 6.07) is 0. The van der Waals surface area contributed by atoms with Crippen molar-refractivity contribution in [2.24, 2.45) is 50.2 Å². The highest BCUT2D eigenvalue weighted by molar-refractivity contribution is 5.96. The molecule has 4 saturated carbocycles. The van der Waals surface area contributed by atoms with Crippen LogP contribution in [0.3, 0.4) is 0 Å². The number of rotatable bonds is 1. The molecular formula is C31H46O4. The van der Waals surface area contributed by atoms with E-state index in [0.29, 0.717) is 12.2 Å². The van der Waals surface area contributed by atoms with Crippen molar-refractivity contribution in [3.63, 3.8) is 0 Å². The van der Waals surface area contributed by atoms with Crippen molar-refractivity contribution >= 4 is 17.5 Å². The molecule has 5 aliphatic carbocycles. The maximum absolute atomic E-state index is 14.3. The van der Waals surface area contributed by atoms with Gasteiger partial charge in [0.15, 0.2) is 5.78 Å². The molecule has 0 aromatic heterocycles. The van der Waals surface area contributed by atoms with E-state index in [1.165, 1.54) is 12.7 Å². The van der Waals surface area contributed by atoms with Crippen LogP contribution in [0.4, 0.5) is 0 Å². The van der Waals surface area contributed by atoms with Gasteiger partial charge in [-0.2, -0.15) is 0 Å². The number of hydrogen-bond donors (Lipinski definition) is 0. The van der Waals surface area contributed by atoms with Gasteiger partial charge in [-0.1, -0.05) is 54.0 Å². The maximum Gasteiger partial charge on any atom is 0.312 e. The summed E-state index contributed by atoms with van der Waals surface area (Å²) in [5.74, 6) is 0.648. The normalized spacial score (nSPS) is 48.0. The molecule has 194 valence electrons. The number of allylic oxidation sites excluding steroid dienone is 2. The Labute approximate surface area is 212 Å². The summed E-state index contributed by atoms with van der Waals surface area (Å²) < 4.78 is 5.42. The standard InChI is InChI=1S/C31H46O4/c1-26(2)13-15-31(25(34)35-8)16-14-30(7)24(19(31)18-26)20(32)17-22-28(5)11-10-23(33)27(3,4)21(28)9-12-29(22,30)6/h17,19,21,24H,9-16,18H2,1-8H3/t19-,21+,24+,28+,29-,30-,31+/m1/s1. The van der Waals surface area contributed by atoms with E-state index in [1.807, 2.05) is 6.08 Å². The van der Waals surface area contributed by atoms with Crippen molar-refractivity contribution in [3.8, 4) is 0 Å². The Hall–Kier alpha value is -1.45. The first kappa shape index (κ1) is 25.2. The minimum Gasteiger partial charge on any atom is -0.469 e. The third-order valence-electron chi connectivity index (χ3n) is 12.7. The van der Waals surface area contributed by atoms with Crippen LogP contribution >= 0.6 is 0 Å². The lowest BCUT2D eigenvalue weighted by molar-refractivity contribution is -0.192. The third-order valence-corrected chi connectivity index (χ3v) is 12.7. The number of ketones is 2. The van der Waals surface area contributed by atoms with Crippen molar-refractivity contribution in [1.82, 2.24) is 0 Å². The van der Waals surface area contributed by atoms with Gasteiger partial charge in [0.2, 0.25) is 0 Å². The van der Waals surface area contributed by atoms with E-state index < -0.39 is 5.41 Å². The molecule has 0 radical (unpaired) electrons. The van der Waals surface area contributed by atoms with Gasteiger partial charge in [-0.3, -0.25) is 14.4 Å². The fourth-order valence-corrected chi connectivity index (χ4v) is 10.4. The van der Waals surface area contributed by atoms with Crippen LogP contribution in [0, 0.1) is 50.2 Å². The molecule has 4 heteroatoms. The van der Waals surface area contributed by atoms with Gasteiger partial charge in [-0.05, 0) is 90.9 Å². The van der Waals surface area contributed by atoms with Gasteiger partial charge in [-0.25, -0.2) is 0 Å². The molecule has 0 unspecified atom stereocenters. The van der Waals surface area contributed by atoms with Crippen molar-refractivity contribution in [2.45, 2.75) is 106 Å². The smallest absolute Gasteiger partial charge is 0.312 e. The summed E-state index contributed by atoms with van der Waals surface area (Å²) in [4.78, 5) is 40.6.